The molecule has 0 bridgehead atoms. The Morgan fingerprint density at radius 2 is 2.43 bits per heavy atom. The quantitative estimate of drug-likeness (QED) is 0.310. The lowest BCUT2D eigenvalue weighted by Crippen LogP contribution is -1.83. The van der Waals surface area contributed by atoms with E-state index in [9.17, 15) is 0 Å². The molecule has 0 N–H and O–H groups in total. The number of hydrogen-bond donors (Lipinski definition) is 0. The highest BCUT2D eigenvalue weighted by Gasteiger charge is 1.87. The van der Waals surface area contributed by atoms with Crippen LogP contribution >= 0.6 is 0 Å². The van der Waals surface area contributed by atoms with Gasteiger partial charge in [0.25, 0.3) is 0 Å². The number of hydrogen-bond acceptors (Lipinski definition) is 2. The zero-order chi connectivity index (χ0) is 10.2. The van der Waals surface area contributed by atoms with Crippen molar-refractivity contribution in [2.75, 3.05) is 6.54 Å². The first-order chi connectivity index (χ1) is 6.83. The molecule has 0 radical (unpaired) electrons. The molecular formula is C10H12N4. The molecule has 1 aromatic heterocycles. The standard InChI is InChI=1S/C10H12N4/c1-9-5-4-7-10(13-9)6-2-3-8-12-14-11/h2,4-7H,3,8H2,1H3. The van der Waals surface area contributed by atoms with E-state index in [1.54, 1.807) is 0 Å². The van der Waals surface area contributed by atoms with Gasteiger partial charge in [0, 0.05) is 17.2 Å². The minimum absolute atomic E-state index is 0.499. The van der Waals surface area contributed by atoms with Gasteiger partial charge in [0.2, 0.25) is 0 Å². The van der Waals surface area contributed by atoms with Gasteiger partial charge < -0.3 is 0 Å². The first-order valence-electron chi connectivity index (χ1n) is 4.44. The van der Waals surface area contributed by atoms with E-state index in [0.29, 0.717) is 6.54 Å². The Bertz CT molecular complexity index is 364. The predicted molar refractivity (Wildman–Crippen MR) is 56.6 cm³/mol. The van der Waals surface area contributed by atoms with Crippen LogP contribution in [0.5, 0.6) is 0 Å². The summed E-state index contributed by atoms with van der Waals surface area (Å²) in [6, 6.07) is 5.86. The van der Waals surface area contributed by atoms with Crippen molar-refractivity contribution in [1.29, 1.82) is 0 Å². The van der Waals surface area contributed by atoms with Crippen molar-refractivity contribution in [2.24, 2.45) is 5.11 Å². The van der Waals surface area contributed by atoms with Gasteiger partial charge in [-0.2, -0.15) is 0 Å². The molecule has 1 heterocycles. The topological polar surface area (TPSA) is 61.7 Å². The summed E-state index contributed by atoms with van der Waals surface area (Å²) in [7, 11) is 0. The fourth-order valence-electron chi connectivity index (χ4n) is 1.04. The minimum atomic E-state index is 0.499. The number of nitrogens with zero attached hydrogens (tertiary/aromatic N) is 4. The zero-order valence-corrected chi connectivity index (χ0v) is 8.09. The molecule has 72 valence electrons. The average molecular weight is 188 g/mol. The third kappa shape index (κ3) is 3.74. The maximum Gasteiger partial charge on any atom is 0.0629 e. The van der Waals surface area contributed by atoms with E-state index in [4.69, 9.17) is 5.53 Å². The number of rotatable bonds is 4. The highest BCUT2D eigenvalue weighted by Crippen LogP contribution is 2.01. The largest absolute Gasteiger partial charge is 0.254 e. The van der Waals surface area contributed by atoms with Gasteiger partial charge in [-0.25, -0.2) is 0 Å². The summed E-state index contributed by atoms with van der Waals surface area (Å²) >= 11 is 0. The van der Waals surface area contributed by atoms with Gasteiger partial charge in [-0.3, -0.25) is 4.98 Å². The van der Waals surface area contributed by atoms with E-state index in [1.807, 2.05) is 37.3 Å². The van der Waals surface area contributed by atoms with Crippen LogP contribution in [0.1, 0.15) is 17.8 Å². The fourth-order valence-corrected chi connectivity index (χ4v) is 1.04. The van der Waals surface area contributed by atoms with Crippen LogP contribution in [0.25, 0.3) is 16.5 Å². The molecule has 0 aliphatic carbocycles. The molecule has 0 saturated carbocycles. The third-order valence-electron chi connectivity index (χ3n) is 1.66. The van der Waals surface area contributed by atoms with E-state index in [1.165, 1.54) is 0 Å². The average Bonchev–Trinajstić information content (AvgIpc) is 2.18. The SMILES string of the molecule is Cc1cccc(C=CCCN=[N+]=[N-])n1. The van der Waals surface area contributed by atoms with Crippen LogP contribution in [-0.4, -0.2) is 11.5 Å². The van der Waals surface area contributed by atoms with Gasteiger partial charge in [-0.15, -0.1) is 0 Å². The molecule has 0 spiro atoms. The Labute approximate surface area is 82.9 Å². The van der Waals surface area contributed by atoms with Gasteiger partial charge in [0.1, 0.15) is 0 Å². The maximum absolute atomic E-state index is 8.04. The Kier molecular flexibility index (Phi) is 4.24. The number of aryl methyl sites for hydroxylation is 1. The summed E-state index contributed by atoms with van der Waals surface area (Å²) in [5.41, 5.74) is 9.98. The summed E-state index contributed by atoms with van der Waals surface area (Å²) in [5.74, 6) is 0. The van der Waals surface area contributed by atoms with Crippen molar-refractivity contribution in [3.63, 3.8) is 0 Å². The molecule has 0 aliphatic heterocycles. The zero-order valence-electron chi connectivity index (χ0n) is 8.09. The van der Waals surface area contributed by atoms with Gasteiger partial charge >= 0.3 is 0 Å². The van der Waals surface area contributed by atoms with Gasteiger partial charge in [0.05, 0.1) is 5.69 Å². The van der Waals surface area contributed by atoms with E-state index in [2.05, 4.69) is 15.0 Å². The molecule has 0 aliphatic rings. The van der Waals surface area contributed by atoms with Crippen molar-refractivity contribution in [2.45, 2.75) is 13.3 Å². The number of aromatic nitrogens is 1. The lowest BCUT2D eigenvalue weighted by atomic mass is 10.3. The summed E-state index contributed by atoms with van der Waals surface area (Å²) in [6.45, 7) is 2.45. The maximum atomic E-state index is 8.04. The van der Waals surface area contributed by atoms with Gasteiger partial charge in [0.15, 0.2) is 0 Å². The van der Waals surface area contributed by atoms with Crippen LogP contribution in [0.4, 0.5) is 0 Å². The van der Waals surface area contributed by atoms with Crippen molar-refractivity contribution in [3.8, 4) is 0 Å². The minimum Gasteiger partial charge on any atom is -0.254 e. The smallest absolute Gasteiger partial charge is 0.0629 e. The van der Waals surface area contributed by atoms with E-state index in [0.717, 1.165) is 17.8 Å². The lowest BCUT2D eigenvalue weighted by Gasteiger charge is -1.93. The van der Waals surface area contributed by atoms with Crippen LogP contribution in [0, 0.1) is 6.92 Å². The van der Waals surface area contributed by atoms with Crippen LogP contribution in [0.2, 0.25) is 0 Å². The molecule has 0 amide bonds. The highest BCUT2D eigenvalue weighted by atomic mass is 15.1. The third-order valence-corrected chi connectivity index (χ3v) is 1.66. The molecule has 14 heavy (non-hydrogen) atoms. The molecule has 0 atom stereocenters. The predicted octanol–water partition coefficient (Wildman–Crippen LogP) is 3.10. The second-order valence-electron chi connectivity index (χ2n) is 2.85. The van der Waals surface area contributed by atoms with Crippen molar-refractivity contribution >= 4 is 6.08 Å². The summed E-state index contributed by atoms with van der Waals surface area (Å²) < 4.78 is 0. The van der Waals surface area contributed by atoms with Crippen LogP contribution in [-0.2, 0) is 0 Å². The van der Waals surface area contributed by atoms with Crippen LogP contribution in [0.3, 0.4) is 0 Å². The van der Waals surface area contributed by atoms with E-state index < -0.39 is 0 Å². The van der Waals surface area contributed by atoms with Crippen LogP contribution < -0.4 is 0 Å². The molecule has 0 saturated heterocycles. The molecule has 1 rings (SSSR count). The molecule has 0 unspecified atom stereocenters. The summed E-state index contributed by atoms with van der Waals surface area (Å²) in [6.07, 6.45) is 4.63. The van der Waals surface area contributed by atoms with Crippen LogP contribution in [0.15, 0.2) is 29.4 Å². The highest BCUT2D eigenvalue weighted by molar-refractivity contribution is 5.44. The monoisotopic (exact) mass is 188 g/mol. The fraction of sp³-hybridized carbons (Fsp3) is 0.300. The van der Waals surface area contributed by atoms with E-state index in [-0.39, 0.29) is 0 Å². The van der Waals surface area contributed by atoms with Crippen molar-refractivity contribution < 1.29 is 0 Å². The molecule has 0 fully saturated rings. The Balaban J connectivity index is 2.47. The Morgan fingerprint density at radius 1 is 1.57 bits per heavy atom. The molecule has 0 aromatic carbocycles. The Morgan fingerprint density at radius 3 is 3.14 bits per heavy atom. The van der Waals surface area contributed by atoms with Crippen molar-refractivity contribution in [1.82, 2.24) is 4.98 Å². The number of pyridine rings is 1. The van der Waals surface area contributed by atoms with Gasteiger partial charge in [-0.1, -0.05) is 17.3 Å². The van der Waals surface area contributed by atoms with Crippen molar-refractivity contribution in [3.05, 3.63) is 46.1 Å². The summed E-state index contributed by atoms with van der Waals surface area (Å²) in [4.78, 5) is 6.97. The van der Waals surface area contributed by atoms with E-state index >= 15 is 0 Å². The van der Waals surface area contributed by atoms with Gasteiger partial charge in [-0.05, 0) is 37.1 Å². The molecular weight excluding hydrogens is 176 g/mol. The first-order valence-corrected chi connectivity index (χ1v) is 4.44. The normalized spacial score (nSPS) is 10.1. The number of azide groups is 1. The molecule has 4 nitrogen and oxygen atoms in total. The second-order valence-corrected chi connectivity index (χ2v) is 2.85. The Hall–Kier alpha value is -1.80. The second kappa shape index (κ2) is 5.78. The molecule has 1 aromatic rings. The lowest BCUT2D eigenvalue weighted by molar-refractivity contribution is 0.995. The summed E-state index contributed by atoms with van der Waals surface area (Å²) in [5, 5.41) is 3.43. The first kappa shape index (κ1) is 10.3. The molecule has 4 heteroatoms.